The van der Waals surface area contributed by atoms with Crippen molar-refractivity contribution in [3.8, 4) is 0 Å². The fourth-order valence-corrected chi connectivity index (χ4v) is 4.62. The number of thiol groups is 1. The molecule has 11 heteroatoms. The minimum atomic E-state index is -0.396. The summed E-state index contributed by atoms with van der Waals surface area (Å²) in [5.74, 6) is 0.153. The molecular formula is C16H18ClFN6OS2. The third kappa shape index (κ3) is 4.40. The van der Waals surface area contributed by atoms with Crippen molar-refractivity contribution in [3.63, 3.8) is 0 Å². The zero-order chi connectivity index (χ0) is 18.8. The van der Waals surface area contributed by atoms with Gasteiger partial charge in [0.25, 0.3) is 0 Å². The van der Waals surface area contributed by atoms with E-state index in [0.29, 0.717) is 25.5 Å². The largest absolute Gasteiger partial charge is 0.374 e. The Morgan fingerprint density at radius 3 is 3.11 bits per heavy atom. The normalized spacial score (nSPS) is 23.7. The Labute approximate surface area is 170 Å². The molecule has 1 aromatic carbocycles. The molecule has 0 bridgehead atoms. The first-order valence-electron chi connectivity index (χ1n) is 8.42. The Balaban J connectivity index is 1.39. The average molecular weight is 429 g/mol. The van der Waals surface area contributed by atoms with Crippen LogP contribution < -0.4 is 0 Å². The molecule has 2 aliphatic rings. The number of morpholine rings is 1. The van der Waals surface area contributed by atoms with E-state index in [-0.39, 0.29) is 15.8 Å². The molecule has 0 amide bonds. The standard InChI is InChI=1S/C16H18ClFN6OS2/c17-12-5-10(1-2-13(12)18)6-23-3-4-25-11(7-23)8-24-14(9-27-16(24)26)15-19-21-22-20-15/h1-2,5,9,11,16,26H,3-4,6-8H2,(H,19,20,21,22)/t11?,16-/m0/s1. The van der Waals surface area contributed by atoms with Gasteiger partial charge < -0.3 is 9.64 Å². The van der Waals surface area contributed by atoms with Crippen LogP contribution in [-0.2, 0) is 11.3 Å². The van der Waals surface area contributed by atoms with Crippen molar-refractivity contribution in [2.24, 2.45) is 0 Å². The van der Waals surface area contributed by atoms with E-state index in [1.54, 1.807) is 23.9 Å². The van der Waals surface area contributed by atoms with Gasteiger partial charge in [0.05, 0.1) is 23.4 Å². The van der Waals surface area contributed by atoms with Crippen LogP contribution in [0.25, 0.3) is 5.70 Å². The maximum Gasteiger partial charge on any atom is 0.221 e. The van der Waals surface area contributed by atoms with Crippen LogP contribution in [0.5, 0.6) is 0 Å². The monoisotopic (exact) mass is 428 g/mol. The van der Waals surface area contributed by atoms with Gasteiger partial charge in [-0.05, 0) is 22.9 Å². The van der Waals surface area contributed by atoms with Crippen molar-refractivity contribution in [2.75, 3.05) is 26.2 Å². The molecule has 1 fully saturated rings. The highest BCUT2D eigenvalue weighted by Crippen LogP contribution is 2.37. The molecular weight excluding hydrogens is 411 g/mol. The number of hydrogen-bond donors (Lipinski definition) is 2. The molecule has 1 aromatic heterocycles. The topological polar surface area (TPSA) is 70.2 Å². The zero-order valence-corrected chi connectivity index (χ0v) is 16.7. The lowest BCUT2D eigenvalue weighted by Gasteiger charge is -2.36. The molecule has 1 N–H and O–H groups in total. The van der Waals surface area contributed by atoms with E-state index in [2.05, 4.69) is 43.1 Å². The first-order valence-corrected chi connectivity index (χ1v) is 10.3. The molecule has 4 rings (SSSR count). The van der Waals surface area contributed by atoms with Gasteiger partial charge in [-0.3, -0.25) is 4.90 Å². The van der Waals surface area contributed by atoms with Gasteiger partial charge in [0.1, 0.15) is 10.5 Å². The number of rotatable bonds is 5. The van der Waals surface area contributed by atoms with E-state index >= 15 is 0 Å². The summed E-state index contributed by atoms with van der Waals surface area (Å²) in [6.45, 7) is 3.59. The van der Waals surface area contributed by atoms with Gasteiger partial charge in [-0.25, -0.2) is 4.39 Å². The van der Waals surface area contributed by atoms with Gasteiger partial charge in [-0.15, -0.1) is 22.8 Å². The number of nitrogens with one attached hydrogen (secondary N) is 1. The predicted molar refractivity (Wildman–Crippen MR) is 106 cm³/mol. The fraction of sp³-hybridized carbons (Fsp3) is 0.438. The number of hydrogen-bond acceptors (Lipinski definition) is 8. The van der Waals surface area contributed by atoms with Gasteiger partial charge in [0, 0.05) is 31.6 Å². The highest BCUT2D eigenvalue weighted by atomic mass is 35.5. The quantitative estimate of drug-likeness (QED) is 0.709. The van der Waals surface area contributed by atoms with Crippen molar-refractivity contribution < 1.29 is 9.13 Å². The lowest BCUT2D eigenvalue weighted by atomic mass is 10.1. The number of aromatic nitrogens is 4. The summed E-state index contributed by atoms with van der Waals surface area (Å²) >= 11 is 12.1. The third-order valence-corrected chi connectivity index (χ3v) is 6.26. The maximum atomic E-state index is 13.4. The van der Waals surface area contributed by atoms with Crippen molar-refractivity contribution in [1.82, 2.24) is 30.4 Å². The summed E-state index contributed by atoms with van der Waals surface area (Å²) in [4.78, 5) is 4.40. The van der Waals surface area contributed by atoms with Crippen LogP contribution in [0.4, 0.5) is 4.39 Å². The number of aromatic amines is 1. The molecule has 144 valence electrons. The van der Waals surface area contributed by atoms with Crippen LogP contribution in [0, 0.1) is 5.82 Å². The first-order chi connectivity index (χ1) is 13.1. The molecule has 0 aliphatic carbocycles. The van der Waals surface area contributed by atoms with Crippen molar-refractivity contribution >= 4 is 41.7 Å². The molecule has 7 nitrogen and oxygen atoms in total. The van der Waals surface area contributed by atoms with E-state index in [0.717, 1.165) is 24.4 Å². The predicted octanol–water partition coefficient (Wildman–Crippen LogP) is 2.45. The van der Waals surface area contributed by atoms with Gasteiger partial charge in [-0.1, -0.05) is 29.4 Å². The lowest BCUT2D eigenvalue weighted by molar-refractivity contribution is -0.0389. The number of ether oxygens (including phenoxy) is 1. The van der Waals surface area contributed by atoms with Crippen LogP contribution in [0.3, 0.4) is 0 Å². The summed E-state index contributed by atoms with van der Waals surface area (Å²) in [5, 5.41) is 16.4. The maximum absolute atomic E-state index is 13.4. The molecule has 27 heavy (non-hydrogen) atoms. The summed E-state index contributed by atoms with van der Waals surface area (Å²) in [7, 11) is 0. The summed E-state index contributed by atoms with van der Waals surface area (Å²) < 4.78 is 19.3. The van der Waals surface area contributed by atoms with Crippen LogP contribution in [0.2, 0.25) is 5.02 Å². The number of halogens is 2. The Morgan fingerprint density at radius 1 is 1.44 bits per heavy atom. The molecule has 0 spiro atoms. The van der Waals surface area contributed by atoms with Gasteiger partial charge in [0.15, 0.2) is 0 Å². The average Bonchev–Trinajstić information content (AvgIpc) is 3.29. The summed E-state index contributed by atoms with van der Waals surface area (Å²) in [6.07, 6.45) is 0.0123. The number of thioether (sulfide) groups is 1. The van der Waals surface area contributed by atoms with Gasteiger partial charge >= 0.3 is 0 Å². The molecule has 2 atom stereocenters. The summed E-state index contributed by atoms with van der Waals surface area (Å²) in [6, 6.07) is 4.85. The molecule has 2 aromatic rings. The first kappa shape index (κ1) is 19.0. The Hall–Kier alpha value is -1.33. The van der Waals surface area contributed by atoms with Crippen LogP contribution in [-0.4, -0.2) is 67.5 Å². The van der Waals surface area contributed by atoms with Crippen molar-refractivity contribution in [3.05, 3.63) is 45.8 Å². The van der Waals surface area contributed by atoms with Crippen LogP contribution >= 0.6 is 36.0 Å². The zero-order valence-electron chi connectivity index (χ0n) is 14.3. The Kier molecular flexibility index (Phi) is 5.88. The van der Waals surface area contributed by atoms with Crippen molar-refractivity contribution in [1.29, 1.82) is 0 Å². The second kappa shape index (κ2) is 8.36. The van der Waals surface area contributed by atoms with Crippen LogP contribution in [0.1, 0.15) is 11.4 Å². The van der Waals surface area contributed by atoms with E-state index in [9.17, 15) is 4.39 Å². The summed E-state index contributed by atoms with van der Waals surface area (Å²) in [5.41, 5.74) is 1.87. The minimum Gasteiger partial charge on any atom is -0.374 e. The Bertz CT molecular complexity index is 823. The molecule has 2 aliphatic heterocycles. The van der Waals surface area contributed by atoms with E-state index in [4.69, 9.17) is 16.3 Å². The second-order valence-electron chi connectivity index (χ2n) is 6.33. The second-order valence-corrected chi connectivity index (χ2v) is 8.53. The molecule has 0 saturated carbocycles. The van der Waals surface area contributed by atoms with Gasteiger partial charge in [-0.2, -0.15) is 5.21 Å². The fourth-order valence-electron chi connectivity index (χ4n) is 3.18. The molecule has 1 saturated heterocycles. The molecule has 1 unspecified atom stereocenters. The third-order valence-electron chi connectivity index (χ3n) is 4.47. The van der Waals surface area contributed by atoms with E-state index < -0.39 is 5.82 Å². The molecule has 0 radical (unpaired) electrons. The smallest absolute Gasteiger partial charge is 0.221 e. The van der Waals surface area contributed by atoms with Gasteiger partial charge in [0.2, 0.25) is 5.82 Å². The number of nitrogens with zero attached hydrogens (tertiary/aromatic N) is 5. The van der Waals surface area contributed by atoms with Crippen molar-refractivity contribution in [2.45, 2.75) is 17.4 Å². The number of tetrazole rings is 1. The highest BCUT2D eigenvalue weighted by molar-refractivity contribution is 8.12. The lowest BCUT2D eigenvalue weighted by Crippen LogP contribution is -2.47. The number of H-pyrrole nitrogens is 1. The highest BCUT2D eigenvalue weighted by Gasteiger charge is 2.31. The Morgan fingerprint density at radius 2 is 2.33 bits per heavy atom. The van der Waals surface area contributed by atoms with E-state index in [1.165, 1.54) is 6.07 Å². The minimum absolute atomic E-state index is 0.0123. The molecule has 3 heterocycles. The number of benzene rings is 1. The van der Waals surface area contributed by atoms with Crippen LogP contribution in [0.15, 0.2) is 23.6 Å². The van der Waals surface area contributed by atoms with E-state index in [1.807, 2.05) is 5.41 Å². The SMILES string of the molecule is Fc1ccc(CN2CCOC(CN3C(c4nn[nH]n4)=CS[C@@H]3S)C2)cc1Cl.